The SMILES string of the molecule is CCCCCCCCCCCCCC/C=C/CCC(=O)NCCCC[C@@H](C(=O)O)N(C)C. The predicted octanol–water partition coefficient (Wildman–Crippen LogP) is 6.72. The van der Waals surface area contributed by atoms with Crippen LogP contribution in [0.25, 0.3) is 0 Å². The lowest BCUT2D eigenvalue weighted by Crippen LogP contribution is -2.35. The Morgan fingerprint density at radius 1 is 0.781 bits per heavy atom. The van der Waals surface area contributed by atoms with Gasteiger partial charge in [0.05, 0.1) is 0 Å². The third-order valence-corrected chi connectivity index (χ3v) is 6.06. The van der Waals surface area contributed by atoms with Gasteiger partial charge in [0, 0.05) is 13.0 Å². The minimum Gasteiger partial charge on any atom is -0.480 e. The second-order valence-electron chi connectivity index (χ2n) is 9.35. The number of hydrogen-bond acceptors (Lipinski definition) is 3. The molecule has 0 spiro atoms. The third-order valence-electron chi connectivity index (χ3n) is 6.06. The maximum absolute atomic E-state index is 11.9. The molecule has 32 heavy (non-hydrogen) atoms. The number of amides is 1. The molecule has 2 N–H and O–H groups in total. The normalized spacial score (nSPS) is 12.5. The third kappa shape index (κ3) is 20.5. The number of allylic oxidation sites excluding steroid dienone is 2. The van der Waals surface area contributed by atoms with Crippen LogP contribution in [0.3, 0.4) is 0 Å². The van der Waals surface area contributed by atoms with E-state index in [2.05, 4.69) is 24.4 Å². The number of carbonyl (C=O) groups is 2. The first-order valence-corrected chi connectivity index (χ1v) is 13.3. The van der Waals surface area contributed by atoms with Crippen LogP contribution in [0.2, 0.25) is 0 Å². The molecule has 0 aromatic heterocycles. The molecule has 0 aliphatic rings. The van der Waals surface area contributed by atoms with E-state index in [4.69, 9.17) is 5.11 Å². The van der Waals surface area contributed by atoms with Gasteiger partial charge in [-0.15, -0.1) is 0 Å². The number of carbonyl (C=O) groups excluding carboxylic acids is 1. The molecule has 1 atom stereocenters. The number of rotatable bonds is 23. The summed E-state index contributed by atoms with van der Waals surface area (Å²) >= 11 is 0. The van der Waals surface area contributed by atoms with Gasteiger partial charge in [-0.1, -0.05) is 89.7 Å². The Morgan fingerprint density at radius 3 is 1.84 bits per heavy atom. The average Bonchev–Trinajstić information content (AvgIpc) is 2.75. The Labute approximate surface area is 198 Å². The standard InChI is InChI=1S/C27H52N2O3/c1-4-5-6-7-8-9-10-11-12-13-14-15-16-17-18-19-23-26(30)28-24-21-20-22-25(27(31)32)29(2)3/h17-18,25H,4-16,19-24H2,1-3H3,(H,28,30)(H,31,32)/b18-17+/t25-/m0/s1. The van der Waals surface area contributed by atoms with Crippen molar-refractivity contribution in [3.05, 3.63) is 12.2 Å². The molecule has 0 fully saturated rings. The lowest BCUT2D eigenvalue weighted by atomic mass is 10.0. The van der Waals surface area contributed by atoms with Crippen LogP contribution < -0.4 is 5.32 Å². The summed E-state index contributed by atoms with van der Waals surface area (Å²) in [6.45, 7) is 2.90. The van der Waals surface area contributed by atoms with Gasteiger partial charge in [-0.05, 0) is 52.6 Å². The average molecular weight is 453 g/mol. The number of unbranched alkanes of at least 4 members (excludes halogenated alkanes) is 13. The highest BCUT2D eigenvalue weighted by Gasteiger charge is 2.18. The molecule has 0 radical (unpaired) electrons. The van der Waals surface area contributed by atoms with E-state index in [9.17, 15) is 9.59 Å². The van der Waals surface area contributed by atoms with Gasteiger partial charge >= 0.3 is 5.97 Å². The van der Waals surface area contributed by atoms with Crippen LogP contribution in [-0.2, 0) is 9.59 Å². The van der Waals surface area contributed by atoms with E-state index in [-0.39, 0.29) is 5.91 Å². The van der Waals surface area contributed by atoms with Gasteiger partial charge in [-0.25, -0.2) is 0 Å². The highest BCUT2D eigenvalue weighted by molar-refractivity contribution is 5.76. The number of nitrogens with one attached hydrogen (secondary N) is 1. The topological polar surface area (TPSA) is 69.6 Å². The molecule has 0 bridgehead atoms. The Morgan fingerprint density at radius 2 is 1.31 bits per heavy atom. The molecule has 5 heteroatoms. The van der Waals surface area contributed by atoms with Crippen LogP contribution in [-0.4, -0.2) is 48.6 Å². The summed E-state index contributed by atoms with van der Waals surface area (Å²) in [6, 6.07) is -0.444. The smallest absolute Gasteiger partial charge is 0.320 e. The number of carboxylic acids is 1. The molecule has 0 aliphatic heterocycles. The monoisotopic (exact) mass is 452 g/mol. The Bertz CT molecular complexity index is 478. The van der Waals surface area contributed by atoms with Crippen LogP contribution in [0, 0.1) is 0 Å². The first kappa shape index (κ1) is 30.6. The maximum atomic E-state index is 11.9. The van der Waals surface area contributed by atoms with Gasteiger partial charge in [0.15, 0.2) is 0 Å². The van der Waals surface area contributed by atoms with E-state index in [1.54, 1.807) is 19.0 Å². The molecule has 0 rings (SSSR count). The molecule has 0 heterocycles. The van der Waals surface area contributed by atoms with Crippen LogP contribution in [0.4, 0.5) is 0 Å². The Hall–Kier alpha value is -1.36. The fourth-order valence-corrected chi connectivity index (χ4v) is 3.93. The second-order valence-corrected chi connectivity index (χ2v) is 9.35. The fourth-order valence-electron chi connectivity index (χ4n) is 3.93. The van der Waals surface area contributed by atoms with Gasteiger partial charge in [0.25, 0.3) is 0 Å². The maximum Gasteiger partial charge on any atom is 0.320 e. The number of aliphatic carboxylic acids is 1. The summed E-state index contributed by atoms with van der Waals surface area (Å²) < 4.78 is 0. The quantitative estimate of drug-likeness (QED) is 0.133. The van der Waals surface area contributed by atoms with Crippen LogP contribution in [0.1, 0.15) is 122 Å². The Balaban J connectivity index is 3.40. The minimum absolute atomic E-state index is 0.0856. The molecule has 1 amide bonds. The van der Waals surface area contributed by atoms with Crippen LogP contribution in [0.5, 0.6) is 0 Å². The predicted molar refractivity (Wildman–Crippen MR) is 136 cm³/mol. The van der Waals surface area contributed by atoms with Crippen molar-refractivity contribution in [3.63, 3.8) is 0 Å². The first-order chi connectivity index (χ1) is 15.5. The Kier molecular flexibility index (Phi) is 21.9. The zero-order valence-electron chi connectivity index (χ0n) is 21.4. The van der Waals surface area contributed by atoms with E-state index < -0.39 is 12.0 Å². The minimum atomic E-state index is -0.783. The molecule has 0 saturated carbocycles. The summed E-state index contributed by atoms with van der Waals surface area (Å²) in [6.07, 6.45) is 25.6. The lowest BCUT2D eigenvalue weighted by Gasteiger charge is -2.19. The molecular formula is C27H52N2O3. The van der Waals surface area contributed by atoms with E-state index >= 15 is 0 Å². The lowest BCUT2D eigenvalue weighted by molar-refractivity contribution is -0.142. The highest BCUT2D eigenvalue weighted by atomic mass is 16.4. The number of likely N-dealkylation sites (N-methyl/N-ethyl adjacent to an activating group) is 1. The van der Waals surface area contributed by atoms with Crippen molar-refractivity contribution in [2.75, 3.05) is 20.6 Å². The second kappa shape index (κ2) is 22.8. The van der Waals surface area contributed by atoms with Crippen molar-refractivity contribution in [1.82, 2.24) is 10.2 Å². The van der Waals surface area contributed by atoms with Crippen molar-refractivity contribution >= 4 is 11.9 Å². The first-order valence-electron chi connectivity index (χ1n) is 13.3. The number of nitrogens with zero attached hydrogens (tertiary/aromatic N) is 1. The van der Waals surface area contributed by atoms with Crippen LogP contribution in [0.15, 0.2) is 12.2 Å². The molecule has 0 saturated heterocycles. The highest BCUT2D eigenvalue weighted by Crippen LogP contribution is 2.12. The molecular weight excluding hydrogens is 400 g/mol. The van der Waals surface area contributed by atoms with E-state index in [1.165, 1.54) is 77.0 Å². The zero-order valence-corrected chi connectivity index (χ0v) is 21.4. The van der Waals surface area contributed by atoms with Crippen molar-refractivity contribution in [2.24, 2.45) is 0 Å². The van der Waals surface area contributed by atoms with Gasteiger partial charge in [0.2, 0.25) is 5.91 Å². The molecule has 0 aromatic carbocycles. The zero-order chi connectivity index (χ0) is 23.9. The van der Waals surface area contributed by atoms with Crippen molar-refractivity contribution in [1.29, 1.82) is 0 Å². The number of hydrogen-bond donors (Lipinski definition) is 2. The molecule has 0 aliphatic carbocycles. The van der Waals surface area contributed by atoms with Gasteiger partial charge < -0.3 is 10.4 Å². The molecule has 5 nitrogen and oxygen atoms in total. The van der Waals surface area contributed by atoms with E-state index in [0.29, 0.717) is 19.4 Å². The molecule has 188 valence electrons. The van der Waals surface area contributed by atoms with E-state index in [0.717, 1.165) is 25.7 Å². The summed E-state index contributed by atoms with van der Waals surface area (Å²) in [7, 11) is 3.57. The van der Waals surface area contributed by atoms with E-state index in [1.807, 2.05) is 0 Å². The van der Waals surface area contributed by atoms with Crippen LogP contribution >= 0.6 is 0 Å². The fraction of sp³-hybridized carbons (Fsp3) is 0.852. The van der Waals surface area contributed by atoms with Gasteiger partial charge in [-0.3, -0.25) is 14.5 Å². The summed E-state index contributed by atoms with van der Waals surface area (Å²) in [5, 5.41) is 12.1. The summed E-state index contributed by atoms with van der Waals surface area (Å²) in [4.78, 5) is 24.7. The molecule has 0 unspecified atom stereocenters. The van der Waals surface area contributed by atoms with Crippen molar-refractivity contribution < 1.29 is 14.7 Å². The molecule has 0 aromatic rings. The largest absolute Gasteiger partial charge is 0.480 e. The van der Waals surface area contributed by atoms with Crippen molar-refractivity contribution in [3.8, 4) is 0 Å². The van der Waals surface area contributed by atoms with Gasteiger partial charge in [-0.2, -0.15) is 0 Å². The summed E-state index contributed by atoms with van der Waals surface area (Å²) in [5.74, 6) is -0.697. The summed E-state index contributed by atoms with van der Waals surface area (Å²) in [5.41, 5.74) is 0. The van der Waals surface area contributed by atoms with Gasteiger partial charge in [0.1, 0.15) is 6.04 Å². The van der Waals surface area contributed by atoms with Crippen molar-refractivity contribution in [2.45, 2.75) is 129 Å². The number of carboxylic acid groups (broad SMARTS) is 1.